The lowest BCUT2D eigenvalue weighted by atomic mass is 9.91. The number of nitrogens with one attached hydrogen (secondary N) is 1. The molecule has 118 valence electrons. The third-order valence-corrected chi connectivity index (χ3v) is 5.14. The van der Waals surface area contributed by atoms with Gasteiger partial charge in [0.1, 0.15) is 11.6 Å². The summed E-state index contributed by atoms with van der Waals surface area (Å²) in [4.78, 5) is 0. The summed E-state index contributed by atoms with van der Waals surface area (Å²) in [5.74, 6) is 0.344. The lowest BCUT2D eigenvalue weighted by Crippen LogP contribution is -2.38. The van der Waals surface area contributed by atoms with E-state index in [0.717, 1.165) is 31.7 Å². The largest absolute Gasteiger partial charge is 0.313 e. The molecule has 1 nitrogen and oxygen atoms in total. The highest BCUT2D eigenvalue weighted by Crippen LogP contribution is 2.34. The lowest BCUT2D eigenvalue weighted by molar-refractivity contribution is 0.341. The maximum absolute atomic E-state index is 14.2. The van der Waals surface area contributed by atoms with E-state index < -0.39 is 11.6 Å². The zero-order chi connectivity index (χ0) is 15.4. The highest BCUT2D eigenvalue weighted by Gasteiger charge is 2.30. The first kappa shape index (κ1) is 16.9. The first-order valence-electron chi connectivity index (χ1n) is 7.88. The molecule has 0 aromatic heterocycles. The minimum absolute atomic E-state index is 0.160. The third kappa shape index (κ3) is 4.26. The average Bonchev–Trinajstić information content (AvgIpc) is 2.89. The van der Waals surface area contributed by atoms with Gasteiger partial charge in [-0.25, -0.2) is 8.78 Å². The molecule has 0 aliphatic heterocycles. The zero-order valence-corrected chi connectivity index (χ0v) is 14.3. The minimum atomic E-state index is -0.454. The molecule has 1 N–H and O–H groups in total. The summed E-state index contributed by atoms with van der Waals surface area (Å²) in [5.41, 5.74) is 0.206. The first-order chi connectivity index (χ1) is 10.0. The molecule has 0 spiro atoms. The van der Waals surface area contributed by atoms with Crippen LogP contribution in [0.2, 0.25) is 0 Å². The molecule has 0 bridgehead atoms. The summed E-state index contributed by atoms with van der Waals surface area (Å²) in [6.45, 7) is 5.27. The SMILES string of the molecule is CCCNC(Cc1c(F)ccc(Br)c1F)C1CCC(C)C1. The molecule has 3 unspecified atom stereocenters. The quantitative estimate of drug-likeness (QED) is 0.698. The Morgan fingerprint density at radius 2 is 2.10 bits per heavy atom. The molecule has 0 radical (unpaired) electrons. The summed E-state index contributed by atoms with van der Waals surface area (Å²) in [6.07, 6.45) is 4.98. The molecular formula is C17H24BrF2N. The first-order valence-corrected chi connectivity index (χ1v) is 8.68. The Labute approximate surface area is 134 Å². The van der Waals surface area contributed by atoms with Crippen molar-refractivity contribution in [2.45, 2.75) is 52.0 Å². The standard InChI is InChI=1S/C17H24BrF2N/c1-3-8-21-16(12-5-4-11(2)9-12)10-13-15(19)7-6-14(18)17(13)20/h6-7,11-12,16,21H,3-5,8-10H2,1-2H3. The molecule has 1 fully saturated rings. The summed E-state index contributed by atoms with van der Waals surface area (Å²) in [6, 6.07) is 2.94. The van der Waals surface area contributed by atoms with Gasteiger partial charge in [-0.2, -0.15) is 0 Å². The smallest absolute Gasteiger partial charge is 0.143 e. The van der Waals surface area contributed by atoms with Gasteiger partial charge in [-0.15, -0.1) is 0 Å². The van der Waals surface area contributed by atoms with E-state index in [1.165, 1.54) is 18.6 Å². The Balaban J connectivity index is 2.16. The van der Waals surface area contributed by atoms with E-state index in [2.05, 4.69) is 35.1 Å². The molecule has 1 aliphatic rings. The van der Waals surface area contributed by atoms with Gasteiger partial charge in [-0.1, -0.05) is 20.3 Å². The second-order valence-electron chi connectivity index (χ2n) is 6.26. The fourth-order valence-corrected chi connectivity index (χ4v) is 3.70. The van der Waals surface area contributed by atoms with E-state index in [9.17, 15) is 8.78 Å². The van der Waals surface area contributed by atoms with Gasteiger partial charge in [0.15, 0.2) is 0 Å². The van der Waals surface area contributed by atoms with Crippen molar-refractivity contribution in [2.24, 2.45) is 11.8 Å². The van der Waals surface area contributed by atoms with Crippen molar-refractivity contribution in [3.63, 3.8) is 0 Å². The highest BCUT2D eigenvalue weighted by atomic mass is 79.9. The van der Waals surface area contributed by atoms with Crippen LogP contribution in [0.3, 0.4) is 0 Å². The van der Waals surface area contributed by atoms with Gasteiger partial charge in [0.25, 0.3) is 0 Å². The molecule has 4 heteroatoms. The fourth-order valence-electron chi connectivity index (χ4n) is 3.33. The zero-order valence-electron chi connectivity index (χ0n) is 12.8. The van der Waals surface area contributed by atoms with Crippen LogP contribution in [0.5, 0.6) is 0 Å². The Kier molecular flexibility index (Phi) is 6.18. The predicted octanol–water partition coefficient (Wildman–Crippen LogP) is 5.07. The number of hydrogen-bond acceptors (Lipinski definition) is 1. The third-order valence-electron chi connectivity index (χ3n) is 4.52. The molecule has 0 saturated heterocycles. The van der Waals surface area contributed by atoms with Gasteiger partial charge in [-0.05, 0) is 72.1 Å². The predicted molar refractivity (Wildman–Crippen MR) is 86.3 cm³/mol. The van der Waals surface area contributed by atoms with Crippen molar-refractivity contribution in [3.05, 3.63) is 33.8 Å². The maximum atomic E-state index is 14.2. The number of hydrogen-bond donors (Lipinski definition) is 1. The van der Waals surface area contributed by atoms with E-state index in [1.807, 2.05) is 0 Å². The Hall–Kier alpha value is -0.480. The second kappa shape index (κ2) is 7.68. The Morgan fingerprint density at radius 3 is 2.71 bits per heavy atom. The van der Waals surface area contributed by atoms with Crippen LogP contribution in [0.25, 0.3) is 0 Å². The summed E-state index contributed by atoms with van der Waals surface area (Å²) in [7, 11) is 0. The molecule has 1 aliphatic carbocycles. The summed E-state index contributed by atoms with van der Waals surface area (Å²) < 4.78 is 28.5. The van der Waals surface area contributed by atoms with Crippen LogP contribution in [-0.2, 0) is 6.42 Å². The van der Waals surface area contributed by atoms with Crippen LogP contribution in [0, 0.1) is 23.5 Å². The minimum Gasteiger partial charge on any atom is -0.313 e. The van der Waals surface area contributed by atoms with Gasteiger partial charge in [0.05, 0.1) is 4.47 Å². The van der Waals surface area contributed by atoms with E-state index in [4.69, 9.17) is 0 Å². The number of halogens is 3. The second-order valence-corrected chi connectivity index (χ2v) is 7.12. The molecular weight excluding hydrogens is 336 g/mol. The van der Waals surface area contributed by atoms with Crippen molar-refractivity contribution >= 4 is 15.9 Å². The van der Waals surface area contributed by atoms with Crippen molar-refractivity contribution in [1.29, 1.82) is 0 Å². The number of rotatable bonds is 6. The summed E-state index contributed by atoms with van der Waals surface area (Å²) >= 11 is 3.15. The van der Waals surface area contributed by atoms with Gasteiger partial charge in [0.2, 0.25) is 0 Å². The highest BCUT2D eigenvalue weighted by molar-refractivity contribution is 9.10. The molecule has 3 atom stereocenters. The van der Waals surface area contributed by atoms with Gasteiger partial charge in [-0.3, -0.25) is 0 Å². The van der Waals surface area contributed by atoms with Crippen molar-refractivity contribution in [3.8, 4) is 0 Å². The number of benzene rings is 1. The molecule has 2 rings (SSSR count). The Bertz CT molecular complexity index is 478. The molecule has 0 heterocycles. The van der Waals surface area contributed by atoms with E-state index in [0.29, 0.717) is 16.8 Å². The Morgan fingerprint density at radius 1 is 1.33 bits per heavy atom. The fraction of sp³-hybridized carbons (Fsp3) is 0.647. The van der Waals surface area contributed by atoms with E-state index >= 15 is 0 Å². The van der Waals surface area contributed by atoms with Crippen molar-refractivity contribution in [1.82, 2.24) is 5.32 Å². The maximum Gasteiger partial charge on any atom is 0.143 e. The van der Waals surface area contributed by atoms with Gasteiger partial charge < -0.3 is 5.32 Å². The van der Waals surface area contributed by atoms with Crippen molar-refractivity contribution in [2.75, 3.05) is 6.54 Å². The molecule has 1 saturated carbocycles. The topological polar surface area (TPSA) is 12.0 Å². The van der Waals surface area contributed by atoms with Crippen LogP contribution >= 0.6 is 15.9 Å². The normalized spacial score (nSPS) is 23.5. The molecule has 1 aromatic carbocycles. The van der Waals surface area contributed by atoms with E-state index in [1.54, 1.807) is 0 Å². The summed E-state index contributed by atoms with van der Waals surface area (Å²) in [5, 5.41) is 3.51. The average molecular weight is 360 g/mol. The van der Waals surface area contributed by atoms with Crippen molar-refractivity contribution < 1.29 is 8.78 Å². The van der Waals surface area contributed by atoms with Crippen LogP contribution in [-0.4, -0.2) is 12.6 Å². The molecule has 21 heavy (non-hydrogen) atoms. The van der Waals surface area contributed by atoms with Gasteiger partial charge >= 0.3 is 0 Å². The van der Waals surface area contributed by atoms with Crippen LogP contribution < -0.4 is 5.32 Å². The molecule has 1 aromatic rings. The van der Waals surface area contributed by atoms with E-state index in [-0.39, 0.29) is 11.6 Å². The van der Waals surface area contributed by atoms with Crippen LogP contribution in [0.15, 0.2) is 16.6 Å². The van der Waals surface area contributed by atoms with Gasteiger partial charge in [0, 0.05) is 11.6 Å². The van der Waals surface area contributed by atoms with Crippen LogP contribution in [0.4, 0.5) is 8.78 Å². The van der Waals surface area contributed by atoms with Crippen LogP contribution in [0.1, 0.15) is 45.1 Å². The monoisotopic (exact) mass is 359 g/mol. The molecule has 0 amide bonds. The lowest BCUT2D eigenvalue weighted by Gasteiger charge is -2.25.